The smallest absolute Gasteiger partial charge is 0.237 e. The van der Waals surface area contributed by atoms with Crippen molar-refractivity contribution < 1.29 is 9.18 Å². The molecule has 92 valence electrons. The molecule has 1 saturated heterocycles. The minimum atomic E-state index is -0.445. The molecule has 2 N–H and O–H groups in total. The Morgan fingerprint density at radius 3 is 3.06 bits per heavy atom. The topological polar surface area (TPSA) is 41.1 Å². The fourth-order valence-electron chi connectivity index (χ4n) is 1.87. The van der Waals surface area contributed by atoms with Gasteiger partial charge in [0.2, 0.25) is 5.91 Å². The lowest BCUT2D eigenvalue weighted by molar-refractivity contribution is -0.122. The van der Waals surface area contributed by atoms with Crippen molar-refractivity contribution in [3.8, 4) is 0 Å². The zero-order chi connectivity index (χ0) is 12.3. The molecule has 3 nitrogen and oxygen atoms in total. The summed E-state index contributed by atoms with van der Waals surface area (Å²) in [5.74, 6) is -0.456. The van der Waals surface area contributed by atoms with Crippen LogP contribution in [0.1, 0.15) is 18.4 Å². The van der Waals surface area contributed by atoms with E-state index < -0.39 is 5.82 Å². The summed E-state index contributed by atoms with van der Waals surface area (Å²) < 4.78 is 12.9. The Labute approximate surface area is 104 Å². The molecule has 1 aliphatic rings. The maximum Gasteiger partial charge on any atom is 0.237 e. The Morgan fingerprint density at radius 1 is 1.59 bits per heavy atom. The second-order valence-electron chi connectivity index (χ2n) is 4.12. The highest BCUT2D eigenvalue weighted by molar-refractivity contribution is 6.30. The van der Waals surface area contributed by atoms with Gasteiger partial charge in [-0.2, -0.15) is 0 Å². The lowest BCUT2D eigenvalue weighted by atomic mass is 10.2. The lowest BCUT2D eigenvalue weighted by Crippen LogP contribution is -2.39. The molecule has 1 atom stereocenters. The van der Waals surface area contributed by atoms with Crippen LogP contribution in [-0.4, -0.2) is 18.5 Å². The SMILES string of the molecule is O=C(NCc1ccc(F)c(Cl)c1)C1CCCN1. The second kappa shape index (κ2) is 5.47. The minimum absolute atomic E-state index is 0.0112. The molecule has 1 unspecified atom stereocenters. The quantitative estimate of drug-likeness (QED) is 0.867. The van der Waals surface area contributed by atoms with Crippen LogP contribution in [0.4, 0.5) is 4.39 Å². The molecular weight excluding hydrogens is 243 g/mol. The molecule has 17 heavy (non-hydrogen) atoms. The normalized spacial score (nSPS) is 19.3. The Balaban J connectivity index is 1.88. The first kappa shape index (κ1) is 12.3. The third kappa shape index (κ3) is 3.17. The molecular formula is C12H14ClFN2O. The maximum absolute atomic E-state index is 12.9. The molecule has 5 heteroatoms. The van der Waals surface area contributed by atoms with Gasteiger partial charge in [0.25, 0.3) is 0 Å². The Morgan fingerprint density at radius 2 is 2.41 bits per heavy atom. The number of hydrogen-bond donors (Lipinski definition) is 2. The van der Waals surface area contributed by atoms with Gasteiger partial charge in [-0.1, -0.05) is 17.7 Å². The number of carbonyl (C=O) groups is 1. The van der Waals surface area contributed by atoms with Gasteiger partial charge < -0.3 is 10.6 Å². The van der Waals surface area contributed by atoms with Gasteiger partial charge in [-0.15, -0.1) is 0 Å². The van der Waals surface area contributed by atoms with Gasteiger partial charge >= 0.3 is 0 Å². The number of hydrogen-bond acceptors (Lipinski definition) is 2. The van der Waals surface area contributed by atoms with E-state index >= 15 is 0 Å². The molecule has 1 fully saturated rings. The van der Waals surface area contributed by atoms with Crippen LogP contribution in [0.5, 0.6) is 0 Å². The molecule has 1 aromatic carbocycles. The van der Waals surface area contributed by atoms with Crippen molar-refractivity contribution in [3.63, 3.8) is 0 Å². The number of carbonyl (C=O) groups excluding carboxylic acids is 1. The van der Waals surface area contributed by atoms with E-state index in [1.807, 2.05) is 0 Å². The highest BCUT2D eigenvalue weighted by Gasteiger charge is 2.21. The van der Waals surface area contributed by atoms with Gasteiger partial charge in [0.1, 0.15) is 5.82 Å². The fraction of sp³-hybridized carbons (Fsp3) is 0.417. The standard InChI is InChI=1S/C12H14ClFN2O/c13-9-6-8(3-4-10(9)14)7-16-12(17)11-2-1-5-15-11/h3-4,6,11,15H,1-2,5,7H2,(H,16,17). The first-order valence-corrected chi connectivity index (χ1v) is 5.99. The molecule has 1 heterocycles. The molecule has 0 saturated carbocycles. The van der Waals surface area contributed by atoms with E-state index in [2.05, 4.69) is 10.6 Å². The van der Waals surface area contributed by atoms with Gasteiger partial charge in [0.15, 0.2) is 0 Å². The summed E-state index contributed by atoms with van der Waals surface area (Å²) in [4.78, 5) is 11.7. The Bertz CT molecular complexity index is 419. The summed E-state index contributed by atoms with van der Waals surface area (Å²) in [5.41, 5.74) is 0.794. The van der Waals surface area contributed by atoms with E-state index in [0.29, 0.717) is 6.54 Å². The van der Waals surface area contributed by atoms with Crippen LogP contribution >= 0.6 is 11.6 Å². The largest absolute Gasteiger partial charge is 0.351 e. The summed E-state index contributed by atoms with van der Waals surface area (Å²) in [6, 6.07) is 4.35. The highest BCUT2D eigenvalue weighted by Crippen LogP contribution is 2.16. The van der Waals surface area contributed by atoms with Crippen molar-refractivity contribution in [2.24, 2.45) is 0 Å². The summed E-state index contributed by atoms with van der Waals surface area (Å²) in [6.45, 7) is 1.26. The van der Waals surface area contributed by atoms with E-state index in [0.717, 1.165) is 24.9 Å². The van der Waals surface area contributed by atoms with Crippen molar-refractivity contribution in [2.45, 2.75) is 25.4 Å². The molecule has 0 spiro atoms. The number of benzene rings is 1. The number of rotatable bonds is 3. The highest BCUT2D eigenvalue weighted by atomic mass is 35.5. The second-order valence-corrected chi connectivity index (χ2v) is 4.52. The minimum Gasteiger partial charge on any atom is -0.351 e. The predicted molar refractivity (Wildman–Crippen MR) is 64.3 cm³/mol. The number of nitrogens with one attached hydrogen (secondary N) is 2. The molecule has 0 aliphatic carbocycles. The molecule has 0 aromatic heterocycles. The molecule has 0 bridgehead atoms. The van der Waals surface area contributed by atoms with Crippen molar-refractivity contribution in [3.05, 3.63) is 34.6 Å². The van der Waals surface area contributed by atoms with E-state index in [-0.39, 0.29) is 17.0 Å². The molecule has 1 aliphatic heterocycles. The fourth-order valence-corrected chi connectivity index (χ4v) is 2.07. The average Bonchev–Trinajstić information content (AvgIpc) is 2.84. The summed E-state index contributed by atoms with van der Waals surface area (Å²) in [5, 5.41) is 6.00. The molecule has 0 radical (unpaired) electrons. The van der Waals surface area contributed by atoms with Crippen LogP contribution < -0.4 is 10.6 Å². The lowest BCUT2D eigenvalue weighted by Gasteiger charge is -2.11. The first-order chi connectivity index (χ1) is 8.16. The summed E-state index contributed by atoms with van der Waals surface area (Å²) >= 11 is 5.66. The maximum atomic E-state index is 12.9. The van der Waals surface area contributed by atoms with Crippen molar-refractivity contribution >= 4 is 17.5 Å². The van der Waals surface area contributed by atoms with Crippen molar-refractivity contribution in [1.29, 1.82) is 0 Å². The summed E-state index contributed by atoms with van der Waals surface area (Å²) in [6.07, 6.45) is 1.90. The number of amides is 1. The number of halogens is 2. The molecule has 2 rings (SSSR count). The molecule has 1 aromatic rings. The van der Waals surface area contributed by atoms with Crippen LogP contribution in [-0.2, 0) is 11.3 Å². The Hall–Kier alpha value is -1.13. The van der Waals surface area contributed by atoms with Gasteiger partial charge in [-0.25, -0.2) is 4.39 Å². The third-order valence-electron chi connectivity index (χ3n) is 2.83. The summed E-state index contributed by atoms with van der Waals surface area (Å²) in [7, 11) is 0. The van der Waals surface area contributed by atoms with E-state index in [1.54, 1.807) is 6.07 Å². The van der Waals surface area contributed by atoms with Gasteiger partial charge in [0, 0.05) is 6.54 Å². The van der Waals surface area contributed by atoms with Crippen LogP contribution in [0.3, 0.4) is 0 Å². The van der Waals surface area contributed by atoms with Crippen LogP contribution in [0.15, 0.2) is 18.2 Å². The van der Waals surface area contributed by atoms with Gasteiger partial charge in [0.05, 0.1) is 11.1 Å². The van der Waals surface area contributed by atoms with Crippen LogP contribution in [0.2, 0.25) is 5.02 Å². The van der Waals surface area contributed by atoms with E-state index in [4.69, 9.17) is 11.6 Å². The van der Waals surface area contributed by atoms with Crippen molar-refractivity contribution in [2.75, 3.05) is 6.54 Å². The first-order valence-electron chi connectivity index (χ1n) is 5.62. The van der Waals surface area contributed by atoms with Crippen LogP contribution in [0, 0.1) is 5.82 Å². The Kier molecular flexibility index (Phi) is 3.97. The predicted octanol–water partition coefficient (Wildman–Crippen LogP) is 1.85. The van der Waals surface area contributed by atoms with Crippen molar-refractivity contribution in [1.82, 2.24) is 10.6 Å². The zero-order valence-electron chi connectivity index (χ0n) is 9.30. The zero-order valence-corrected chi connectivity index (χ0v) is 10.1. The van der Waals surface area contributed by atoms with Crippen LogP contribution in [0.25, 0.3) is 0 Å². The van der Waals surface area contributed by atoms with Gasteiger partial charge in [-0.3, -0.25) is 4.79 Å². The average molecular weight is 257 g/mol. The van der Waals surface area contributed by atoms with E-state index in [9.17, 15) is 9.18 Å². The van der Waals surface area contributed by atoms with Gasteiger partial charge in [-0.05, 0) is 37.1 Å². The monoisotopic (exact) mass is 256 g/mol. The third-order valence-corrected chi connectivity index (χ3v) is 3.12. The molecule has 1 amide bonds. The van der Waals surface area contributed by atoms with E-state index in [1.165, 1.54) is 12.1 Å².